The monoisotopic (exact) mass is 397 g/mol. The summed E-state index contributed by atoms with van der Waals surface area (Å²) in [4.78, 5) is 25.2. The molecule has 150 valence electrons. The molecule has 0 aliphatic heterocycles. The number of nitrogens with one attached hydrogen (secondary N) is 2. The van der Waals surface area contributed by atoms with Crippen LogP contribution in [0.1, 0.15) is 52.6 Å². The summed E-state index contributed by atoms with van der Waals surface area (Å²) in [5.41, 5.74) is 3.63. The highest BCUT2D eigenvalue weighted by atomic mass is 16.2. The van der Waals surface area contributed by atoms with E-state index < -0.39 is 0 Å². The van der Waals surface area contributed by atoms with Crippen molar-refractivity contribution in [2.45, 2.75) is 26.2 Å². The third-order valence-corrected chi connectivity index (χ3v) is 4.65. The average Bonchev–Trinajstić information content (AvgIpc) is 2.73. The summed E-state index contributed by atoms with van der Waals surface area (Å²) in [6.45, 7) is 6.40. The first kappa shape index (κ1) is 20.8. The Balaban J connectivity index is 1.72. The molecule has 0 saturated carbocycles. The van der Waals surface area contributed by atoms with Crippen LogP contribution < -0.4 is 10.6 Å². The zero-order valence-electron chi connectivity index (χ0n) is 17.2. The molecule has 0 atom stereocenters. The summed E-state index contributed by atoms with van der Waals surface area (Å²) in [6, 6.07) is 22.9. The van der Waals surface area contributed by atoms with Gasteiger partial charge in [0.2, 0.25) is 0 Å². The molecule has 0 heterocycles. The molecule has 2 amide bonds. The first-order valence-electron chi connectivity index (χ1n) is 9.60. The summed E-state index contributed by atoms with van der Waals surface area (Å²) in [5.74, 6) is -0.645. The molecule has 3 aromatic carbocycles. The van der Waals surface area contributed by atoms with Crippen LogP contribution in [0.4, 0.5) is 11.4 Å². The van der Waals surface area contributed by atoms with Crippen LogP contribution in [0.3, 0.4) is 0 Å². The number of carbonyl (C=O) groups excluding carboxylic acids is 2. The fourth-order valence-electron chi connectivity index (χ4n) is 2.93. The molecule has 0 aliphatic carbocycles. The topological polar surface area (TPSA) is 82.0 Å². The van der Waals surface area contributed by atoms with E-state index in [9.17, 15) is 9.59 Å². The Bertz CT molecular complexity index is 1120. The molecule has 0 bridgehead atoms. The SMILES string of the molecule is CC(C)(C)c1ccc(NC(=O)c2cccc(C(=O)Nc3cccc(C#N)c3)c2)cc1. The van der Waals surface area contributed by atoms with Crippen molar-refractivity contribution in [2.75, 3.05) is 10.6 Å². The lowest BCUT2D eigenvalue weighted by molar-refractivity contribution is 0.102. The van der Waals surface area contributed by atoms with Crippen molar-refractivity contribution >= 4 is 23.2 Å². The maximum atomic E-state index is 12.6. The minimum Gasteiger partial charge on any atom is -0.322 e. The predicted octanol–water partition coefficient (Wildman–Crippen LogP) is 5.36. The fraction of sp³-hybridized carbons (Fsp3) is 0.160. The lowest BCUT2D eigenvalue weighted by Gasteiger charge is -2.19. The van der Waals surface area contributed by atoms with Crippen LogP contribution in [-0.2, 0) is 5.41 Å². The van der Waals surface area contributed by atoms with E-state index in [1.807, 2.05) is 30.3 Å². The third-order valence-electron chi connectivity index (χ3n) is 4.65. The van der Waals surface area contributed by atoms with Crippen molar-refractivity contribution in [3.8, 4) is 6.07 Å². The van der Waals surface area contributed by atoms with Gasteiger partial charge in [-0.2, -0.15) is 5.26 Å². The molecule has 30 heavy (non-hydrogen) atoms. The van der Waals surface area contributed by atoms with Crippen molar-refractivity contribution < 1.29 is 9.59 Å². The first-order chi connectivity index (χ1) is 14.3. The van der Waals surface area contributed by atoms with Crippen molar-refractivity contribution in [3.05, 3.63) is 95.1 Å². The van der Waals surface area contributed by atoms with E-state index in [4.69, 9.17) is 5.26 Å². The summed E-state index contributed by atoms with van der Waals surface area (Å²) in [5, 5.41) is 14.6. The Labute approximate surface area is 176 Å². The number of rotatable bonds is 4. The molecular weight excluding hydrogens is 374 g/mol. The van der Waals surface area contributed by atoms with Crippen LogP contribution >= 0.6 is 0 Å². The molecule has 0 aliphatic rings. The van der Waals surface area contributed by atoms with Crippen LogP contribution in [0.15, 0.2) is 72.8 Å². The Morgan fingerprint density at radius 1 is 0.767 bits per heavy atom. The predicted molar refractivity (Wildman–Crippen MR) is 119 cm³/mol. The van der Waals surface area contributed by atoms with Gasteiger partial charge in [-0.25, -0.2) is 0 Å². The minimum atomic E-state index is -0.353. The normalized spacial score (nSPS) is 10.7. The van der Waals surface area contributed by atoms with Crippen molar-refractivity contribution in [1.29, 1.82) is 5.26 Å². The quantitative estimate of drug-likeness (QED) is 0.622. The van der Waals surface area contributed by atoms with Gasteiger partial charge in [-0.15, -0.1) is 0 Å². The number of anilines is 2. The molecule has 3 aromatic rings. The Kier molecular flexibility index (Phi) is 5.98. The van der Waals surface area contributed by atoms with Gasteiger partial charge in [0.25, 0.3) is 11.8 Å². The molecule has 5 nitrogen and oxygen atoms in total. The summed E-state index contributed by atoms with van der Waals surface area (Å²) in [7, 11) is 0. The lowest BCUT2D eigenvalue weighted by atomic mass is 9.87. The van der Waals surface area contributed by atoms with E-state index >= 15 is 0 Å². The highest BCUT2D eigenvalue weighted by Gasteiger charge is 2.14. The number of benzene rings is 3. The minimum absolute atomic E-state index is 0.0387. The number of nitrogens with zero attached hydrogens (tertiary/aromatic N) is 1. The second-order valence-corrected chi connectivity index (χ2v) is 8.01. The van der Waals surface area contributed by atoms with Crippen molar-refractivity contribution in [2.24, 2.45) is 0 Å². The second-order valence-electron chi connectivity index (χ2n) is 8.01. The van der Waals surface area contributed by atoms with E-state index in [1.165, 1.54) is 5.56 Å². The molecule has 0 fully saturated rings. The molecule has 2 N–H and O–H groups in total. The van der Waals surface area contributed by atoms with Gasteiger partial charge >= 0.3 is 0 Å². The van der Waals surface area contributed by atoms with Gasteiger partial charge in [0, 0.05) is 22.5 Å². The Morgan fingerprint density at radius 2 is 1.33 bits per heavy atom. The Hall–Kier alpha value is -3.91. The third kappa shape index (κ3) is 5.12. The summed E-state index contributed by atoms with van der Waals surface area (Å²) >= 11 is 0. The van der Waals surface area contributed by atoms with Crippen molar-refractivity contribution in [1.82, 2.24) is 0 Å². The number of nitriles is 1. The van der Waals surface area contributed by atoms with E-state index in [0.29, 0.717) is 28.1 Å². The average molecular weight is 397 g/mol. The summed E-state index contributed by atoms with van der Waals surface area (Å²) in [6.07, 6.45) is 0. The maximum absolute atomic E-state index is 12.6. The van der Waals surface area contributed by atoms with E-state index in [0.717, 1.165) is 0 Å². The molecule has 0 saturated heterocycles. The van der Waals surface area contributed by atoms with Crippen LogP contribution in [-0.4, -0.2) is 11.8 Å². The van der Waals surface area contributed by atoms with Crippen LogP contribution in [0.5, 0.6) is 0 Å². The number of hydrogen-bond donors (Lipinski definition) is 2. The first-order valence-corrected chi connectivity index (χ1v) is 9.60. The molecule has 0 aromatic heterocycles. The number of carbonyl (C=O) groups is 2. The second kappa shape index (κ2) is 8.62. The van der Waals surface area contributed by atoms with E-state index in [2.05, 4.69) is 31.4 Å². The van der Waals surface area contributed by atoms with Crippen LogP contribution in [0, 0.1) is 11.3 Å². The smallest absolute Gasteiger partial charge is 0.255 e. The highest BCUT2D eigenvalue weighted by molar-refractivity contribution is 6.08. The highest BCUT2D eigenvalue weighted by Crippen LogP contribution is 2.23. The van der Waals surface area contributed by atoms with Gasteiger partial charge in [-0.3, -0.25) is 9.59 Å². The van der Waals surface area contributed by atoms with Gasteiger partial charge < -0.3 is 10.6 Å². The Morgan fingerprint density at radius 3 is 1.90 bits per heavy atom. The molecule has 0 radical (unpaired) electrons. The molecule has 0 unspecified atom stereocenters. The fourth-order valence-corrected chi connectivity index (χ4v) is 2.93. The van der Waals surface area contributed by atoms with E-state index in [1.54, 1.807) is 48.5 Å². The number of hydrogen-bond acceptors (Lipinski definition) is 3. The molecule has 3 rings (SSSR count). The number of amides is 2. The van der Waals surface area contributed by atoms with Crippen molar-refractivity contribution in [3.63, 3.8) is 0 Å². The standard InChI is InChI=1S/C25H23N3O2/c1-25(2,3)20-10-12-21(13-11-20)27-23(29)18-7-5-8-19(15-18)24(30)28-22-9-4-6-17(14-22)16-26/h4-15H,1-3H3,(H,27,29)(H,28,30). The van der Waals surface area contributed by atoms with E-state index in [-0.39, 0.29) is 17.2 Å². The van der Waals surface area contributed by atoms with Gasteiger partial charge in [0.05, 0.1) is 11.6 Å². The largest absolute Gasteiger partial charge is 0.322 e. The molecule has 0 spiro atoms. The zero-order valence-corrected chi connectivity index (χ0v) is 17.2. The molecular formula is C25H23N3O2. The summed E-state index contributed by atoms with van der Waals surface area (Å²) < 4.78 is 0. The van der Waals surface area contributed by atoms with Gasteiger partial charge in [0.15, 0.2) is 0 Å². The van der Waals surface area contributed by atoms with Gasteiger partial charge in [-0.1, -0.05) is 45.0 Å². The van der Waals surface area contributed by atoms with Crippen LogP contribution in [0.2, 0.25) is 0 Å². The van der Waals surface area contributed by atoms with Gasteiger partial charge in [0.1, 0.15) is 0 Å². The van der Waals surface area contributed by atoms with Crippen LogP contribution in [0.25, 0.3) is 0 Å². The maximum Gasteiger partial charge on any atom is 0.255 e. The van der Waals surface area contributed by atoms with Gasteiger partial charge in [-0.05, 0) is 59.5 Å². The lowest BCUT2D eigenvalue weighted by Crippen LogP contribution is -2.16. The molecule has 5 heteroatoms. The zero-order chi connectivity index (χ0) is 21.7.